The average Bonchev–Trinajstić information content (AvgIpc) is 2.26. The molecule has 4 heteroatoms. The molecule has 0 aliphatic heterocycles. The zero-order valence-electron chi connectivity index (χ0n) is 10.6. The SMILES string of the molecule is CC(C)CC[C@@H](C)NC(=O)c1ccc[nH]c1=S. The topological polar surface area (TPSA) is 44.9 Å². The molecule has 0 spiro atoms. The van der Waals surface area contributed by atoms with Gasteiger partial charge < -0.3 is 10.3 Å². The van der Waals surface area contributed by atoms with Gasteiger partial charge in [0.1, 0.15) is 4.64 Å². The van der Waals surface area contributed by atoms with Crippen LogP contribution in [0.4, 0.5) is 0 Å². The second-order valence-electron chi connectivity index (χ2n) is 4.76. The van der Waals surface area contributed by atoms with Crippen LogP contribution in [0.3, 0.4) is 0 Å². The smallest absolute Gasteiger partial charge is 0.254 e. The number of carbonyl (C=O) groups is 1. The molecule has 0 unspecified atom stereocenters. The lowest BCUT2D eigenvalue weighted by Crippen LogP contribution is -2.33. The third-order valence-electron chi connectivity index (χ3n) is 2.62. The summed E-state index contributed by atoms with van der Waals surface area (Å²) in [4.78, 5) is 14.8. The first-order valence-corrected chi connectivity index (χ1v) is 6.40. The minimum Gasteiger partial charge on any atom is -0.352 e. The average molecular weight is 252 g/mol. The first kappa shape index (κ1) is 13.9. The summed E-state index contributed by atoms with van der Waals surface area (Å²) < 4.78 is 0.487. The van der Waals surface area contributed by atoms with E-state index in [2.05, 4.69) is 24.1 Å². The number of hydrogen-bond acceptors (Lipinski definition) is 2. The normalized spacial score (nSPS) is 12.5. The summed E-state index contributed by atoms with van der Waals surface area (Å²) in [7, 11) is 0. The fourth-order valence-electron chi connectivity index (χ4n) is 1.56. The van der Waals surface area contributed by atoms with Gasteiger partial charge in [-0.3, -0.25) is 4.79 Å². The van der Waals surface area contributed by atoms with Crippen molar-refractivity contribution in [1.29, 1.82) is 0 Å². The maximum Gasteiger partial charge on any atom is 0.254 e. The van der Waals surface area contributed by atoms with Crippen molar-refractivity contribution in [3.8, 4) is 0 Å². The largest absolute Gasteiger partial charge is 0.352 e. The molecule has 0 aliphatic rings. The minimum atomic E-state index is -0.0943. The lowest BCUT2D eigenvalue weighted by atomic mass is 10.0. The van der Waals surface area contributed by atoms with Crippen LogP contribution in [0.25, 0.3) is 0 Å². The van der Waals surface area contributed by atoms with Crippen molar-refractivity contribution >= 4 is 18.1 Å². The lowest BCUT2D eigenvalue weighted by molar-refractivity contribution is 0.0936. The van der Waals surface area contributed by atoms with Crippen LogP contribution in [0, 0.1) is 10.6 Å². The van der Waals surface area contributed by atoms with Crippen molar-refractivity contribution < 1.29 is 4.79 Å². The molecular weight excluding hydrogens is 232 g/mol. The molecule has 0 bridgehead atoms. The van der Waals surface area contributed by atoms with E-state index in [1.165, 1.54) is 0 Å². The predicted octanol–water partition coefficient (Wildman–Crippen LogP) is 3.30. The minimum absolute atomic E-state index is 0.0943. The van der Waals surface area contributed by atoms with Gasteiger partial charge >= 0.3 is 0 Å². The van der Waals surface area contributed by atoms with Crippen molar-refractivity contribution in [3.05, 3.63) is 28.5 Å². The Morgan fingerprint density at radius 3 is 2.71 bits per heavy atom. The molecule has 1 aromatic rings. The summed E-state index contributed by atoms with van der Waals surface area (Å²) >= 11 is 5.07. The second kappa shape index (κ2) is 6.55. The van der Waals surface area contributed by atoms with Gasteiger partial charge in [0.2, 0.25) is 0 Å². The molecule has 1 amide bonds. The van der Waals surface area contributed by atoms with Crippen LogP contribution in [0.2, 0.25) is 0 Å². The van der Waals surface area contributed by atoms with Crippen LogP contribution in [0.15, 0.2) is 18.3 Å². The van der Waals surface area contributed by atoms with Crippen LogP contribution >= 0.6 is 12.2 Å². The maximum absolute atomic E-state index is 11.9. The van der Waals surface area contributed by atoms with Gasteiger partial charge in [0.15, 0.2) is 0 Å². The van der Waals surface area contributed by atoms with Crippen LogP contribution in [-0.2, 0) is 0 Å². The molecule has 1 atom stereocenters. The van der Waals surface area contributed by atoms with Crippen LogP contribution in [-0.4, -0.2) is 16.9 Å². The summed E-state index contributed by atoms with van der Waals surface area (Å²) in [6.45, 7) is 6.39. The Kier molecular flexibility index (Phi) is 5.35. The summed E-state index contributed by atoms with van der Waals surface area (Å²) in [5, 5.41) is 2.97. The maximum atomic E-state index is 11.9. The van der Waals surface area contributed by atoms with Gasteiger partial charge in [-0.25, -0.2) is 0 Å². The molecule has 0 saturated heterocycles. The van der Waals surface area contributed by atoms with E-state index in [1.54, 1.807) is 18.3 Å². The zero-order valence-corrected chi connectivity index (χ0v) is 11.4. The fraction of sp³-hybridized carbons (Fsp3) is 0.538. The standard InChI is InChI=1S/C13H20N2OS/c1-9(2)6-7-10(3)15-12(16)11-5-4-8-14-13(11)17/h4-5,8-10H,6-7H2,1-3H3,(H,14,17)(H,15,16)/t10-/m1/s1. The molecule has 0 radical (unpaired) electrons. The highest BCUT2D eigenvalue weighted by Crippen LogP contribution is 2.07. The highest BCUT2D eigenvalue weighted by molar-refractivity contribution is 7.71. The molecule has 0 aliphatic carbocycles. The molecule has 2 N–H and O–H groups in total. The van der Waals surface area contributed by atoms with Crippen LogP contribution in [0.5, 0.6) is 0 Å². The number of carbonyl (C=O) groups excluding carboxylic acids is 1. The quantitative estimate of drug-likeness (QED) is 0.790. The van der Waals surface area contributed by atoms with Gasteiger partial charge in [0.25, 0.3) is 5.91 Å². The molecule has 94 valence electrons. The number of H-pyrrole nitrogens is 1. The van der Waals surface area contributed by atoms with Gasteiger partial charge in [-0.1, -0.05) is 26.1 Å². The molecule has 0 saturated carbocycles. The van der Waals surface area contributed by atoms with E-state index in [0.717, 1.165) is 12.8 Å². The van der Waals surface area contributed by atoms with Gasteiger partial charge in [0.05, 0.1) is 5.56 Å². The summed E-state index contributed by atoms with van der Waals surface area (Å²) in [6.07, 6.45) is 3.83. The van der Waals surface area contributed by atoms with Crippen LogP contribution in [0.1, 0.15) is 44.0 Å². The molecular formula is C13H20N2OS. The van der Waals surface area contributed by atoms with Crippen molar-refractivity contribution in [2.75, 3.05) is 0 Å². The van der Waals surface area contributed by atoms with Gasteiger partial charge in [-0.2, -0.15) is 0 Å². The van der Waals surface area contributed by atoms with Crippen molar-refractivity contribution in [2.45, 2.75) is 39.7 Å². The highest BCUT2D eigenvalue weighted by atomic mass is 32.1. The summed E-state index contributed by atoms with van der Waals surface area (Å²) in [6, 6.07) is 3.70. The van der Waals surface area contributed by atoms with Crippen molar-refractivity contribution in [3.63, 3.8) is 0 Å². The Balaban J connectivity index is 2.55. The van der Waals surface area contributed by atoms with Gasteiger partial charge in [-0.05, 0) is 37.8 Å². The molecule has 3 nitrogen and oxygen atoms in total. The Bertz CT molecular complexity index is 425. The predicted molar refractivity (Wildman–Crippen MR) is 72.6 cm³/mol. The lowest BCUT2D eigenvalue weighted by Gasteiger charge is -2.15. The third-order valence-corrected chi connectivity index (χ3v) is 2.96. The molecule has 1 heterocycles. The number of pyridine rings is 1. The van der Waals surface area contributed by atoms with Gasteiger partial charge in [-0.15, -0.1) is 0 Å². The van der Waals surface area contributed by atoms with E-state index in [9.17, 15) is 4.79 Å². The molecule has 1 aromatic heterocycles. The first-order valence-electron chi connectivity index (χ1n) is 5.99. The van der Waals surface area contributed by atoms with Crippen LogP contribution < -0.4 is 5.32 Å². The molecule has 17 heavy (non-hydrogen) atoms. The third kappa shape index (κ3) is 4.69. The monoisotopic (exact) mass is 252 g/mol. The Labute approximate surface area is 108 Å². The van der Waals surface area contributed by atoms with Crippen molar-refractivity contribution in [1.82, 2.24) is 10.3 Å². The number of hydrogen-bond donors (Lipinski definition) is 2. The number of nitrogens with one attached hydrogen (secondary N) is 2. The number of aromatic amines is 1. The Morgan fingerprint density at radius 2 is 2.12 bits per heavy atom. The van der Waals surface area contributed by atoms with E-state index < -0.39 is 0 Å². The van der Waals surface area contributed by atoms with E-state index in [1.807, 2.05) is 6.92 Å². The molecule has 1 rings (SSSR count). The summed E-state index contributed by atoms with van der Waals surface area (Å²) in [5.41, 5.74) is 0.541. The molecule has 0 fully saturated rings. The first-order chi connectivity index (χ1) is 8.00. The van der Waals surface area contributed by atoms with E-state index in [-0.39, 0.29) is 11.9 Å². The summed E-state index contributed by atoms with van der Waals surface area (Å²) in [5.74, 6) is 0.567. The molecule has 0 aromatic carbocycles. The van der Waals surface area contributed by atoms with E-state index >= 15 is 0 Å². The number of amides is 1. The van der Waals surface area contributed by atoms with E-state index in [0.29, 0.717) is 16.1 Å². The Morgan fingerprint density at radius 1 is 1.41 bits per heavy atom. The Hall–Kier alpha value is -1.16. The second-order valence-corrected chi connectivity index (χ2v) is 5.17. The van der Waals surface area contributed by atoms with E-state index in [4.69, 9.17) is 12.2 Å². The zero-order chi connectivity index (χ0) is 12.8. The van der Waals surface area contributed by atoms with Gasteiger partial charge in [0, 0.05) is 12.2 Å². The number of rotatable bonds is 5. The number of aromatic nitrogens is 1. The fourth-order valence-corrected chi connectivity index (χ4v) is 1.79. The highest BCUT2D eigenvalue weighted by Gasteiger charge is 2.11. The van der Waals surface area contributed by atoms with Crippen molar-refractivity contribution in [2.24, 2.45) is 5.92 Å².